The van der Waals surface area contributed by atoms with E-state index in [1.165, 1.54) is 0 Å². The van der Waals surface area contributed by atoms with Crippen LogP contribution in [0.1, 0.15) is 33.6 Å². The molecule has 0 amide bonds. The molecule has 0 aromatic heterocycles. The van der Waals surface area contributed by atoms with Gasteiger partial charge in [0.05, 0.1) is 24.7 Å². The first-order valence-corrected chi connectivity index (χ1v) is 5.08. The molecule has 0 radical (unpaired) electrons. The van der Waals surface area contributed by atoms with Crippen molar-refractivity contribution < 1.29 is 10.2 Å². The number of rotatable bonds is 2. The molecule has 2 N–H and O–H groups in total. The lowest BCUT2D eigenvalue weighted by Gasteiger charge is -2.42. The van der Waals surface area contributed by atoms with Crippen molar-refractivity contribution in [1.29, 1.82) is 5.26 Å². The van der Waals surface area contributed by atoms with Crippen molar-refractivity contribution in [1.82, 2.24) is 0 Å². The van der Waals surface area contributed by atoms with Crippen LogP contribution >= 0.6 is 0 Å². The van der Waals surface area contributed by atoms with Crippen LogP contribution in [0.15, 0.2) is 0 Å². The van der Waals surface area contributed by atoms with E-state index in [9.17, 15) is 5.11 Å². The minimum atomic E-state index is -0.726. The van der Waals surface area contributed by atoms with E-state index in [2.05, 4.69) is 6.07 Å². The van der Waals surface area contributed by atoms with Gasteiger partial charge in [-0.15, -0.1) is 0 Å². The van der Waals surface area contributed by atoms with Crippen LogP contribution in [0.4, 0.5) is 0 Å². The SMILES string of the molecule is CC1(C)[C@@H](C#N)CC[C@@]1(C)[C@@H](O)CO. The van der Waals surface area contributed by atoms with Gasteiger partial charge in [-0.1, -0.05) is 20.8 Å². The Morgan fingerprint density at radius 3 is 2.43 bits per heavy atom. The molecule has 3 nitrogen and oxygen atoms in total. The standard InChI is InChI=1S/C11H19NO2/c1-10(2)8(6-12)4-5-11(10,3)9(14)7-13/h8-9,13-14H,4-5,7H2,1-3H3/t8-,9+,11+/m1/s1. The van der Waals surface area contributed by atoms with Gasteiger partial charge in [0.1, 0.15) is 0 Å². The summed E-state index contributed by atoms with van der Waals surface area (Å²) in [6.07, 6.45) is 0.896. The fourth-order valence-corrected chi connectivity index (χ4v) is 2.55. The van der Waals surface area contributed by atoms with E-state index in [1.54, 1.807) is 0 Å². The largest absolute Gasteiger partial charge is 0.394 e. The molecule has 3 heteroatoms. The number of nitriles is 1. The summed E-state index contributed by atoms with van der Waals surface area (Å²) in [7, 11) is 0. The van der Waals surface area contributed by atoms with Gasteiger partial charge in [0, 0.05) is 5.41 Å². The van der Waals surface area contributed by atoms with Crippen LogP contribution < -0.4 is 0 Å². The zero-order chi connectivity index (χ0) is 11.0. The van der Waals surface area contributed by atoms with Crippen molar-refractivity contribution in [2.45, 2.75) is 39.7 Å². The summed E-state index contributed by atoms with van der Waals surface area (Å²) in [5.74, 6) is -0.0197. The van der Waals surface area contributed by atoms with Gasteiger partial charge in [0.15, 0.2) is 0 Å². The number of aliphatic hydroxyl groups is 2. The number of aliphatic hydroxyl groups excluding tert-OH is 2. The van der Waals surface area contributed by atoms with Crippen LogP contribution in [0.25, 0.3) is 0 Å². The Balaban J connectivity index is 2.98. The third-order valence-corrected chi connectivity index (χ3v) is 4.36. The molecule has 80 valence electrons. The topological polar surface area (TPSA) is 64.2 Å². The highest BCUT2D eigenvalue weighted by Gasteiger charge is 2.54. The lowest BCUT2D eigenvalue weighted by molar-refractivity contribution is -0.0627. The highest BCUT2D eigenvalue weighted by atomic mass is 16.3. The second-order valence-corrected chi connectivity index (χ2v) is 5.06. The summed E-state index contributed by atoms with van der Waals surface area (Å²) in [4.78, 5) is 0. The second kappa shape index (κ2) is 3.52. The number of hydrogen-bond acceptors (Lipinski definition) is 3. The fraction of sp³-hybridized carbons (Fsp3) is 0.909. The monoisotopic (exact) mass is 197 g/mol. The van der Waals surface area contributed by atoms with E-state index in [1.807, 2.05) is 20.8 Å². The van der Waals surface area contributed by atoms with Gasteiger partial charge in [-0.05, 0) is 18.3 Å². The summed E-state index contributed by atoms with van der Waals surface area (Å²) >= 11 is 0. The molecule has 1 rings (SSSR count). The maximum Gasteiger partial charge on any atom is 0.0829 e. The Bertz CT molecular complexity index is 257. The van der Waals surface area contributed by atoms with Crippen molar-refractivity contribution in [2.75, 3.05) is 6.61 Å². The molecule has 0 aromatic rings. The average molecular weight is 197 g/mol. The quantitative estimate of drug-likeness (QED) is 0.701. The van der Waals surface area contributed by atoms with E-state index in [0.29, 0.717) is 0 Å². The Morgan fingerprint density at radius 2 is 2.07 bits per heavy atom. The molecule has 1 aliphatic rings. The summed E-state index contributed by atoms with van der Waals surface area (Å²) in [6, 6.07) is 2.30. The van der Waals surface area contributed by atoms with Gasteiger partial charge in [-0.2, -0.15) is 5.26 Å². The Labute approximate surface area is 85.4 Å². The molecule has 3 atom stereocenters. The Morgan fingerprint density at radius 1 is 1.50 bits per heavy atom. The van der Waals surface area contributed by atoms with E-state index < -0.39 is 6.10 Å². The molecule has 0 unspecified atom stereocenters. The highest BCUT2D eigenvalue weighted by Crippen LogP contribution is 2.57. The minimum absolute atomic E-state index is 0.0197. The van der Waals surface area contributed by atoms with Crippen LogP contribution in [-0.4, -0.2) is 22.9 Å². The molecule has 0 aromatic carbocycles. The molecule has 0 spiro atoms. The summed E-state index contributed by atoms with van der Waals surface area (Å²) in [6.45, 7) is 5.75. The lowest BCUT2D eigenvalue weighted by Crippen LogP contribution is -2.44. The predicted molar refractivity (Wildman–Crippen MR) is 53.3 cm³/mol. The third kappa shape index (κ3) is 1.34. The van der Waals surface area contributed by atoms with Crippen LogP contribution in [0.3, 0.4) is 0 Å². The first kappa shape index (κ1) is 11.5. The van der Waals surface area contributed by atoms with E-state index in [0.717, 1.165) is 12.8 Å². The van der Waals surface area contributed by atoms with Crippen molar-refractivity contribution in [3.8, 4) is 6.07 Å². The Hall–Kier alpha value is -0.590. The van der Waals surface area contributed by atoms with Crippen LogP contribution in [-0.2, 0) is 0 Å². The fourth-order valence-electron chi connectivity index (χ4n) is 2.55. The molecule has 1 aliphatic carbocycles. The molecule has 0 bridgehead atoms. The van der Waals surface area contributed by atoms with Crippen molar-refractivity contribution >= 4 is 0 Å². The normalized spacial score (nSPS) is 37.9. The number of hydrogen-bond donors (Lipinski definition) is 2. The molecule has 1 saturated carbocycles. The van der Waals surface area contributed by atoms with Gasteiger partial charge in [0.25, 0.3) is 0 Å². The summed E-state index contributed by atoms with van der Waals surface area (Å²) < 4.78 is 0. The third-order valence-electron chi connectivity index (χ3n) is 4.36. The predicted octanol–water partition coefficient (Wildman–Crippen LogP) is 1.31. The van der Waals surface area contributed by atoms with Crippen molar-refractivity contribution in [2.24, 2.45) is 16.7 Å². The maximum absolute atomic E-state index is 9.81. The smallest absolute Gasteiger partial charge is 0.0829 e. The summed E-state index contributed by atoms with van der Waals surface area (Å²) in [5.41, 5.74) is -0.577. The molecule has 14 heavy (non-hydrogen) atoms. The minimum Gasteiger partial charge on any atom is -0.394 e. The molecular weight excluding hydrogens is 178 g/mol. The lowest BCUT2D eigenvalue weighted by atomic mass is 9.63. The molecule has 0 aliphatic heterocycles. The van der Waals surface area contributed by atoms with Crippen molar-refractivity contribution in [3.05, 3.63) is 0 Å². The molecular formula is C11H19NO2. The first-order chi connectivity index (χ1) is 6.40. The van der Waals surface area contributed by atoms with Gasteiger partial charge in [0.2, 0.25) is 0 Å². The first-order valence-electron chi connectivity index (χ1n) is 5.08. The van der Waals surface area contributed by atoms with Gasteiger partial charge >= 0.3 is 0 Å². The maximum atomic E-state index is 9.81. The zero-order valence-electron chi connectivity index (χ0n) is 9.12. The van der Waals surface area contributed by atoms with Crippen LogP contribution in [0.5, 0.6) is 0 Å². The average Bonchev–Trinajstić information content (AvgIpc) is 2.38. The number of nitrogens with zero attached hydrogens (tertiary/aromatic N) is 1. The molecule has 0 heterocycles. The zero-order valence-corrected chi connectivity index (χ0v) is 9.12. The molecule has 1 fully saturated rings. The van der Waals surface area contributed by atoms with E-state index >= 15 is 0 Å². The molecule has 0 saturated heterocycles. The van der Waals surface area contributed by atoms with E-state index in [-0.39, 0.29) is 23.4 Å². The second-order valence-electron chi connectivity index (χ2n) is 5.06. The van der Waals surface area contributed by atoms with Crippen LogP contribution in [0.2, 0.25) is 0 Å². The van der Waals surface area contributed by atoms with E-state index in [4.69, 9.17) is 10.4 Å². The van der Waals surface area contributed by atoms with Gasteiger partial charge < -0.3 is 10.2 Å². The van der Waals surface area contributed by atoms with Crippen LogP contribution in [0, 0.1) is 28.1 Å². The highest BCUT2D eigenvalue weighted by molar-refractivity contribution is 5.09. The van der Waals surface area contributed by atoms with Gasteiger partial charge in [-0.25, -0.2) is 0 Å². The summed E-state index contributed by atoms with van der Waals surface area (Å²) in [5, 5.41) is 27.8. The van der Waals surface area contributed by atoms with Crippen molar-refractivity contribution in [3.63, 3.8) is 0 Å². The van der Waals surface area contributed by atoms with Gasteiger partial charge in [-0.3, -0.25) is 0 Å². The Kier molecular flexibility index (Phi) is 2.89.